The summed E-state index contributed by atoms with van der Waals surface area (Å²) >= 11 is 0. The Morgan fingerprint density at radius 3 is 2.53 bits per heavy atom. The zero-order valence-corrected chi connectivity index (χ0v) is 19.8. The van der Waals surface area contributed by atoms with E-state index in [1.807, 2.05) is 0 Å². The van der Waals surface area contributed by atoms with Gasteiger partial charge in [0, 0.05) is 34.9 Å². The molecule has 12 heteroatoms. The van der Waals surface area contributed by atoms with Gasteiger partial charge in [0.25, 0.3) is 12.4 Å². The van der Waals surface area contributed by atoms with Crippen LogP contribution in [-0.4, -0.2) is 80.8 Å². The molecular weight excluding hydrogens is 466 g/mol. The van der Waals surface area contributed by atoms with E-state index < -0.39 is 11.9 Å². The summed E-state index contributed by atoms with van der Waals surface area (Å²) in [6.45, 7) is 1.76. The lowest BCUT2D eigenvalue weighted by Gasteiger charge is -2.36. The van der Waals surface area contributed by atoms with E-state index in [0.29, 0.717) is 41.2 Å². The van der Waals surface area contributed by atoms with Gasteiger partial charge in [0.1, 0.15) is 18.0 Å². The molecule has 1 amide bonds. The zero-order chi connectivity index (χ0) is 25.5. The van der Waals surface area contributed by atoms with Crippen molar-refractivity contribution in [2.75, 3.05) is 19.4 Å². The minimum Gasteiger partial charge on any atom is -0.483 e. The van der Waals surface area contributed by atoms with Crippen LogP contribution in [0.25, 0.3) is 11.3 Å². The number of nitrogens with two attached hydrogens (primary N) is 1. The van der Waals surface area contributed by atoms with Crippen LogP contribution in [0.4, 0.5) is 5.69 Å². The Morgan fingerprint density at radius 1 is 1.31 bits per heavy atom. The first-order valence-corrected chi connectivity index (χ1v) is 11.4. The van der Waals surface area contributed by atoms with Crippen molar-refractivity contribution in [3.05, 3.63) is 30.0 Å². The number of nitrogens with one attached hydrogen (secondary N) is 2. The second kappa shape index (κ2) is 12.8. The number of aromatic nitrogens is 3. The number of nitrogen functional groups attached to an aromatic ring is 1. The third-order valence-corrected chi connectivity index (χ3v) is 6.41. The quantitative estimate of drug-likeness (QED) is 0.190. The Bertz CT molecular complexity index is 1070. The molecule has 4 rings (SSSR count). The van der Waals surface area contributed by atoms with Gasteiger partial charge in [0.2, 0.25) is 0 Å². The Kier molecular flexibility index (Phi) is 10.1. The summed E-state index contributed by atoms with van der Waals surface area (Å²) in [6.07, 6.45) is 5.80. The number of carbonyl (C=O) groups excluding carboxylic acids is 2. The van der Waals surface area contributed by atoms with Crippen LogP contribution >= 0.6 is 0 Å². The predicted molar refractivity (Wildman–Crippen MR) is 134 cm³/mol. The number of benzene rings is 1. The molecular formula is C24H35N7O5. The fraction of sp³-hybridized carbons (Fsp3) is 0.500. The highest BCUT2D eigenvalue weighted by Gasteiger charge is 2.39. The van der Waals surface area contributed by atoms with E-state index >= 15 is 0 Å². The van der Waals surface area contributed by atoms with Crippen LogP contribution in [-0.2, 0) is 25.7 Å². The zero-order valence-electron chi connectivity index (χ0n) is 19.8. The molecule has 2 fully saturated rings. The van der Waals surface area contributed by atoms with Gasteiger partial charge in [0.05, 0.1) is 12.8 Å². The monoisotopic (exact) mass is 501 g/mol. The van der Waals surface area contributed by atoms with E-state index in [0.717, 1.165) is 12.8 Å². The molecule has 196 valence electrons. The van der Waals surface area contributed by atoms with Crippen LogP contribution in [0, 0.1) is 5.41 Å². The molecule has 2 unspecified atom stereocenters. The van der Waals surface area contributed by atoms with Crippen molar-refractivity contribution in [3.63, 3.8) is 0 Å². The average molecular weight is 502 g/mol. The summed E-state index contributed by atoms with van der Waals surface area (Å²) in [7, 11) is 2.15. The number of nitrogens with zero attached hydrogens (tertiary/aromatic N) is 4. The van der Waals surface area contributed by atoms with Crippen LogP contribution in [0.3, 0.4) is 0 Å². The van der Waals surface area contributed by atoms with E-state index in [4.69, 9.17) is 25.8 Å². The normalized spacial score (nSPS) is 20.3. The maximum Gasteiger partial charge on any atom is 0.327 e. The van der Waals surface area contributed by atoms with E-state index in [2.05, 4.69) is 27.6 Å². The van der Waals surface area contributed by atoms with Gasteiger partial charge >= 0.3 is 5.97 Å². The van der Waals surface area contributed by atoms with Crippen LogP contribution in [0.5, 0.6) is 0 Å². The summed E-state index contributed by atoms with van der Waals surface area (Å²) < 4.78 is 6.30. The van der Waals surface area contributed by atoms with Gasteiger partial charge < -0.3 is 25.8 Å². The Balaban J connectivity index is 0.00000109. The number of hydrogen-bond acceptors (Lipinski definition) is 9. The van der Waals surface area contributed by atoms with Gasteiger partial charge in [-0.2, -0.15) is 0 Å². The number of fused-ring (bicyclic) bond motifs is 2. The van der Waals surface area contributed by atoms with Crippen molar-refractivity contribution in [1.82, 2.24) is 25.2 Å². The highest BCUT2D eigenvalue weighted by atomic mass is 16.5. The summed E-state index contributed by atoms with van der Waals surface area (Å²) in [5.41, 5.74) is 7.93. The van der Waals surface area contributed by atoms with Gasteiger partial charge in [-0.1, -0.05) is 18.7 Å². The summed E-state index contributed by atoms with van der Waals surface area (Å²) in [6, 6.07) is 6.15. The molecule has 0 aliphatic carbocycles. The number of hydrogen-bond donors (Lipinski definition) is 4. The molecule has 1 aromatic heterocycles. The molecule has 2 aliphatic heterocycles. The van der Waals surface area contributed by atoms with Crippen molar-refractivity contribution in [1.29, 1.82) is 5.41 Å². The molecule has 2 atom stereocenters. The standard InChI is InChI=1S/C22H29N7O3.CH2O2.CH4/c1-3-32-20(30)12-29-11-19(26-27-29)13-4-7-17(18(23)8-13)21(24)22(31)25-14-9-15-5-6-16(10-14)28(15)2;2-1-3;/h4,7-8,11,14-16,24H,3,5-6,9-10,12,23H2,1-2H3,(H,25,31);1H,(H,2,3);1H4. The highest BCUT2D eigenvalue weighted by Crippen LogP contribution is 2.34. The molecule has 0 saturated carbocycles. The number of esters is 1. The molecule has 2 bridgehead atoms. The first-order chi connectivity index (χ1) is 16.8. The van der Waals surface area contributed by atoms with Crippen molar-refractivity contribution >= 4 is 29.7 Å². The van der Waals surface area contributed by atoms with Gasteiger partial charge in [-0.3, -0.25) is 19.8 Å². The molecule has 12 nitrogen and oxygen atoms in total. The van der Waals surface area contributed by atoms with Gasteiger partial charge in [0.15, 0.2) is 0 Å². The van der Waals surface area contributed by atoms with Crippen LogP contribution in [0.15, 0.2) is 24.4 Å². The topological polar surface area (TPSA) is 177 Å². The van der Waals surface area contributed by atoms with E-state index in [-0.39, 0.29) is 32.2 Å². The van der Waals surface area contributed by atoms with Crippen LogP contribution in [0.2, 0.25) is 0 Å². The van der Waals surface area contributed by atoms with Gasteiger partial charge in [-0.15, -0.1) is 5.10 Å². The first-order valence-electron chi connectivity index (χ1n) is 11.4. The smallest absolute Gasteiger partial charge is 0.327 e. The van der Waals surface area contributed by atoms with Crippen LogP contribution in [0.1, 0.15) is 45.6 Å². The van der Waals surface area contributed by atoms with Crippen LogP contribution < -0.4 is 11.1 Å². The summed E-state index contributed by atoms with van der Waals surface area (Å²) in [5, 5.41) is 26.3. The molecule has 0 spiro atoms. The maximum atomic E-state index is 12.7. The maximum absolute atomic E-state index is 12.7. The number of amides is 1. The van der Waals surface area contributed by atoms with E-state index in [9.17, 15) is 9.59 Å². The number of anilines is 1. The largest absolute Gasteiger partial charge is 0.483 e. The minimum atomic E-state index is -0.404. The molecule has 5 N–H and O–H groups in total. The molecule has 1 aromatic carbocycles. The third-order valence-electron chi connectivity index (χ3n) is 6.41. The van der Waals surface area contributed by atoms with E-state index in [1.54, 1.807) is 31.3 Å². The molecule has 36 heavy (non-hydrogen) atoms. The first kappa shape index (κ1) is 28.4. The lowest BCUT2D eigenvalue weighted by molar-refractivity contribution is -0.144. The Hall–Kier alpha value is -3.80. The van der Waals surface area contributed by atoms with E-state index in [1.165, 1.54) is 17.5 Å². The van der Waals surface area contributed by atoms with Crippen molar-refractivity contribution in [2.45, 2.75) is 64.7 Å². The minimum absolute atomic E-state index is 0. The number of piperidine rings is 1. The number of carboxylic acid groups (broad SMARTS) is 1. The molecule has 2 saturated heterocycles. The Labute approximate surface area is 210 Å². The summed E-state index contributed by atoms with van der Waals surface area (Å²) in [5.74, 6) is -0.797. The molecule has 0 radical (unpaired) electrons. The number of ether oxygens (including phenoxy) is 1. The summed E-state index contributed by atoms with van der Waals surface area (Å²) in [4.78, 5) is 35.1. The lowest BCUT2D eigenvalue weighted by Crippen LogP contribution is -2.50. The second-order valence-corrected chi connectivity index (χ2v) is 8.58. The number of carbonyl (C=O) groups is 3. The highest BCUT2D eigenvalue weighted by molar-refractivity contribution is 6.45. The fourth-order valence-electron chi connectivity index (χ4n) is 4.71. The lowest BCUT2D eigenvalue weighted by atomic mass is 9.97. The SMILES string of the molecule is C.CCOC(=O)Cn1cc(-c2ccc(C(=N)C(=O)NC3CC4CCC(C3)N4C)c(N)c2)nn1.O=CO. The third kappa shape index (κ3) is 6.66. The van der Waals surface area contributed by atoms with Crippen molar-refractivity contribution < 1.29 is 24.2 Å². The molecule has 3 heterocycles. The van der Waals surface area contributed by atoms with Crippen molar-refractivity contribution in [2.24, 2.45) is 0 Å². The van der Waals surface area contributed by atoms with Gasteiger partial charge in [-0.05, 0) is 51.8 Å². The molecule has 2 aromatic rings. The average Bonchev–Trinajstić information content (AvgIpc) is 3.34. The number of rotatable bonds is 7. The fourth-order valence-corrected chi connectivity index (χ4v) is 4.71. The van der Waals surface area contributed by atoms with Gasteiger partial charge in [-0.25, -0.2) is 4.68 Å². The van der Waals surface area contributed by atoms with Crippen molar-refractivity contribution in [3.8, 4) is 11.3 Å². The second-order valence-electron chi connectivity index (χ2n) is 8.58. The predicted octanol–water partition coefficient (Wildman–Crippen LogP) is 1.54. The molecule has 2 aliphatic rings. The Morgan fingerprint density at radius 2 is 1.94 bits per heavy atom.